The molecule has 0 aliphatic carbocycles. The molecule has 0 bridgehead atoms. The van der Waals surface area contributed by atoms with E-state index in [2.05, 4.69) is 9.97 Å². The Morgan fingerprint density at radius 3 is 1.30 bits per heavy atom. The highest BCUT2D eigenvalue weighted by Crippen LogP contribution is 2.34. The molecular weight excluding hydrogens is 657 g/mol. The van der Waals surface area contributed by atoms with Gasteiger partial charge in [-0.05, 0) is 73.2 Å². The van der Waals surface area contributed by atoms with Gasteiger partial charge in [-0.2, -0.15) is 26.3 Å². The second-order valence-corrected chi connectivity index (χ2v) is 11.2. The summed E-state index contributed by atoms with van der Waals surface area (Å²) in [5, 5.41) is -0.874. The summed E-state index contributed by atoms with van der Waals surface area (Å²) in [6.07, 6.45) is -5.90. The maximum absolute atomic E-state index is 12.7. The summed E-state index contributed by atoms with van der Waals surface area (Å²) < 4.78 is 75.8. The lowest BCUT2D eigenvalue weighted by atomic mass is 10.0. The summed E-state index contributed by atoms with van der Waals surface area (Å²) in [7, 11) is 0. The van der Waals surface area contributed by atoms with Gasteiger partial charge < -0.3 is 9.80 Å². The van der Waals surface area contributed by atoms with Crippen molar-refractivity contribution in [2.75, 3.05) is 22.9 Å². The number of aromatic nitrogens is 2. The number of hydrogen-bond acceptors (Lipinski definition) is 4. The van der Waals surface area contributed by atoms with Crippen LogP contribution in [0.15, 0.2) is 72.8 Å². The fourth-order valence-electron chi connectivity index (χ4n) is 5.28. The first-order valence-electron chi connectivity index (χ1n) is 14.0. The number of rotatable bonds is 2. The number of anilines is 2. The summed E-state index contributed by atoms with van der Waals surface area (Å²) >= 11 is 11.6. The maximum Gasteiger partial charge on any atom is 0.433 e. The molecular formula is C32H24Cl2F6N4O2. The third kappa shape index (κ3) is 7.13. The molecule has 2 aromatic heterocycles. The molecule has 240 valence electrons. The molecule has 0 fully saturated rings. The van der Waals surface area contributed by atoms with Gasteiger partial charge in [-0.3, -0.25) is 9.59 Å². The molecule has 4 heterocycles. The van der Waals surface area contributed by atoms with Crippen LogP contribution in [0, 0.1) is 0 Å². The Kier molecular flexibility index (Phi) is 9.59. The number of halogens is 8. The molecule has 0 spiro atoms. The van der Waals surface area contributed by atoms with Gasteiger partial charge in [0.1, 0.15) is 21.7 Å². The number of carbonyl (C=O) groups excluding carboxylic acids is 2. The van der Waals surface area contributed by atoms with Crippen molar-refractivity contribution in [2.45, 2.75) is 38.0 Å². The van der Waals surface area contributed by atoms with E-state index in [-0.39, 0.29) is 11.1 Å². The van der Waals surface area contributed by atoms with Crippen molar-refractivity contribution in [1.82, 2.24) is 9.97 Å². The molecule has 0 atom stereocenters. The third-order valence-corrected chi connectivity index (χ3v) is 8.03. The van der Waals surface area contributed by atoms with Gasteiger partial charge in [0.15, 0.2) is 0 Å². The number of alkyl halides is 6. The molecule has 2 aliphatic rings. The zero-order valence-electron chi connectivity index (χ0n) is 23.8. The van der Waals surface area contributed by atoms with Crippen LogP contribution in [0.3, 0.4) is 0 Å². The molecule has 0 saturated carbocycles. The lowest BCUT2D eigenvalue weighted by Crippen LogP contribution is -2.35. The van der Waals surface area contributed by atoms with E-state index >= 15 is 0 Å². The molecule has 4 aromatic rings. The van der Waals surface area contributed by atoms with Gasteiger partial charge in [-0.25, -0.2) is 9.97 Å². The van der Waals surface area contributed by atoms with Crippen molar-refractivity contribution >= 4 is 46.4 Å². The van der Waals surface area contributed by atoms with E-state index in [1.807, 2.05) is 48.5 Å². The van der Waals surface area contributed by atoms with Crippen LogP contribution in [0.5, 0.6) is 0 Å². The van der Waals surface area contributed by atoms with Crippen LogP contribution in [0.25, 0.3) is 0 Å². The number of para-hydroxylation sites is 2. The second kappa shape index (κ2) is 13.3. The van der Waals surface area contributed by atoms with Gasteiger partial charge in [0.25, 0.3) is 11.8 Å². The number of benzene rings is 2. The van der Waals surface area contributed by atoms with E-state index in [1.54, 1.807) is 0 Å². The van der Waals surface area contributed by atoms with Crippen LogP contribution in [-0.2, 0) is 25.2 Å². The number of nitrogens with zero attached hydrogens (tertiary/aromatic N) is 4. The zero-order valence-corrected chi connectivity index (χ0v) is 25.3. The van der Waals surface area contributed by atoms with Gasteiger partial charge in [-0.15, -0.1) is 0 Å². The smallest absolute Gasteiger partial charge is 0.308 e. The average Bonchev–Trinajstić information content (AvgIpc) is 3.03. The highest BCUT2D eigenvalue weighted by atomic mass is 35.5. The number of hydrogen-bond donors (Lipinski definition) is 0. The Balaban J connectivity index is 0.000000181. The minimum absolute atomic E-state index is 0.0311. The fraction of sp³-hybridized carbons (Fsp3) is 0.250. The molecule has 2 aliphatic heterocycles. The van der Waals surface area contributed by atoms with Gasteiger partial charge >= 0.3 is 12.4 Å². The van der Waals surface area contributed by atoms with Crippen molar-refractivity contribution in [3.8, 4) is 0 Å². The molecule has 0 unspecified atom stereocenters. The van der Waals surface area contributed by atoms with E-state index in [0.717, 1.165) is 72.5 Å². The summed E-state index contributed by atoms with van der Waals surface area (Å²) in [6.45, 7) is 0.987. The molecule has 14 heteroatoms. The average molecular weight is 681 g/mol. The monoisotopic (exact) mass is 680 g/mol. The zero-order chi connectivity index (χ0) is 33.2. The van der Waals surface area contributed by atoms with E-state index in [0.29, 0.717) is 13.1 Å². The molecule has 6 rings (SSSR count). The lowest BCUT2D eigenvalue weighted by molar-refractivity contribution is -0.141. The number of fused-ring (bicyclic) bond motifs is 2. The molecule has 6 nitrogen and oxygen atoms in total. The highest BCUT2D eigenvalue weighted by Gasteiger charge is 2.35. The summed E-state index contributed by atoms with van der Waals surface area (Å²) in [4.78, 5) is 35.0. The normalized spacial score (nSPS) is 14.5. The largest absolute Gasteiger partial charge is 0.433 e. The van der Waals surface area contributed by atoms with Crippen LogP contribution in [-0.4, -0.2) is 34.9 Å². The van der Waals surface area contributed by atoms with Gasteiger partial charge in [0.05, 0.1) is 11.1 Å². The Hall–Kier alpha value is -4.16. The number of pyridine rings is 2. The first-order valence-corrected chi connectivity index (χ1v) is 14.8. The topological polar surface area (TPSA) is 66.4 Å². The predicted octanol–water partition coefficient (Wildman–Crippen LogP) is 8.69. The Morgan fingerprint density at radius 2 is 0.957 bits per heavy atom. The van der Waals surface area contributed by atoms with Crippen LogP contribution in [0.4, 0.5) is 37.7 Å². The minimum Gasteiger partial charge on any atom is -0.308 e. The van der Waals surface area contributed by atoms with Gasteiger partial charge in [0, 0.05) is 24.5 Å². The Labute approximate surface area is 269 Å². The lowest BCUT2D eigenvalue weighted by Gasteiger charge is -2.29. The maximum atomic E-state index is 12.7. The Morgan fingerprint density at radius 1 is 0.587 bits per heavy atom. The molecule has 2 amide bonds. The number of carbonyl (C=O) groups is 2. The van der Waals surface area contributed by atoms with E-state index in [4.69, 9.17) is 23.2 Å². The quantitative estimate of drug-likeness (QED) is 0.157. The van der Waals surface area contributed by atoms with Crippen molar-refractivity contribution in [2.24, 2.45) is 0 Å². The Bertz CT molecular complexity index is 1650. The van der Waals surface area contributed by atoms with E-state index in [9.17, 15) is 35.9 Å². The fourth-order valence-corrected chi connectivity index (χ4v) is 5.75. The standard InChI is InChI=1S/2C16H12ClF3N2O/c2*17-14-11(7-8-13(21-14)16(18,19)20)15(23)22-9-3-5-10-4-1-2-6-12(10)22/h2*1-2,4,6-8H,3,5,9H2. The highest BCUT2D eigenvalue weighted by molar-refractivity contribution is 6.34. The van der Waals surface area contributed by atoms with Crippen LogP contribution < -0.4 is 9.80 Å². The summed E-state index contributed by atoms with van der Waals surface area (Å²) in [5.74, 6) is -0.883. The van der Waals surface area contributed by atoms with Crippen molar-refractivity contribution in [3.63, 3.8) is 0 Å². The molecule has 0 saturated heterocycles. The third-order valence-electron chi connectivity index (χ3n) is 7.45. The molecule has 0 radical (unpaired) electrons. The van der Waals surface area contributed by atoms with Crippen LogP contribution in [0.1, 0.15) is 56.1 Å². The number of amides is 2. The molecule has 46 heavy (non-hydrogen) atoms. The van der Waals surface area contributed by atoms with Gasteiger partial charge in [0.2, 0.25) is 0 Å². The molecule has 0 N–H and O–H groups in total. The summed E-state index contributed by atoms with van der Waals surface area (Å²) in [6, 6.07) is 18.6. The molecule has 2 aromatic carbocycles. The van der Waals surface area contributed by atoms with Crippen molar-refractivity contribution in [3.05, 3.63) is 117 Å². The number of aryl methyl sites for hydroxylation is 2. The van der Waals surface area contributed by atoms with E-state index in [1.165, 1.54) is 9.80 Å². The van der Waals surface area contributed by atoms with Crippen molar-refractivity contribution < 1.29 is 35.9 Å². The SMILES string of the molecule is O=C(c1ccc(C(F)(F)F)nc1Cl)N1CCCc2ccccc21.O=C(c1ccc(C(F)(F)F)nc1Cl)N1CCCc2ccccc21. The van der Waals surface area contributed by atoms with Crippen LogP contribution in [0.2, 0.25) is 10.3 Å². The first-order chi connectivity index (χ1) is 21.8. The van der Waals surface area contributed by atoms with Crippen LogP contribution >= 0.6 is 23.2 Å². The summed E-state index contributed by atoms with van der Waals surface area (Å²) in [5.41, 5.74) is 1.30. The van der Waals surface area contributed by atoms with E-state index < -0.39 is 45.9 Å². The van der Waals surface area contributed by atoms with Gasteiger partial charge in [-0.1, -0.05) is 59.6 Å². The first kappa shape index (κ1) is 33.2. The van der Waals surface area contributed by atoms with Crippen molar-refractivity contribution in [1.29, 1.82) is 0 Å². The second-order valence-electron chi connectivity index (χ2n) is 10.4. The minimum atomic E-state index is -4.59. The predicted molar refractivity (Wildman–Crippen MR) is 161 cm³/mol.